The van der Waals surface area contributed by atoms with E-state index in [1.165, 1.54) is 18.9 Å². The van der Waals surface area contributed by atoms with E-state index in [4.69, 9.17) is 4.74 Å². The fraction of sp³-hybridized carbons (Fsp3) is 0.500. The molecule has 0 radical (unpaired) electrons. The van der Waals surface area contributed by atoms with E-state index in [1.807, 2.05) is 6.07 Å². The lowest BCUT2D eigenvalue weighted by Gasteiger charge is -2.36. The van der Waals surface area contributed by atoms with Crippen molar-refractivity contribution >= 4 is 5.69 Å². The second kappa shape index (κ2) is 3.12. The summed E-state index contributed by atoms with van der Waals surface area (Å²) in [6.07, 6.45) is 4.59. The SMILES string of the molecule is Fc1cccc2c1NCC1(CCCC1)O2. The predicted octanol–water partition coefficient (Wildman–Crippen LogP) is 2.94. The van der Waals surface area contributed by atoms with Gasteiger partial charge in [0, 0.05) is 0 Å². The molecule has 15 heavy (non-hydrogen) atoms. The highest BCUT2D eigenvalue weighted by molar-refractivity contribution is 5.59. The van der Waals surface area contributed by atoms with Crippen molar-refractivity contribution in [3.8, 4) is 5.75 Å². The summed E-state index contributed by atoms with van der Waals surface area (Å²) in [6, 6.07) is 5.00. The largest absolute Gasteiger partial charge is 0.483 e. The Labute approximate surface area is 88.4 Å². The second-order valence-electron chi connectivity index (χ2n) is 4.46. The second-order valence-corrected chi connectivity index (χ2v) is 4.46. The third-order valence-electron chi connectivity index (χ3n) is 3.40. The Morgan fingerprint density at radius 3 is 2.87 bits per heavy atom. The summed E-state index contributed by atoms with van der Waals surface area (Å²) in [5.41, 5.74) is 0.455. The summed E-state index contributed by atoms with van der Waals surface area (Å²) in [4.78, 5) is 0. The molecule has 3 heteroatoms. The predicted molar refractivity (Wildman–Crippen MR) is 56.7 cm³/mol. The van der Waals surface area contributed by atoms with Gasteiger partial charge in [-0.15, -0.1) is 0 Å². The number of para-hydroxylation sites is 1. The number of hydrogen-bond acceptors (Lipinski definition) is 2. The van der Waals surface area contributed by atoms with Crippen LogP contribution in [0.5, 0.6) is 5.75 Å². The molecule has 0 aromatic heterocycles. The molecule has 1 aliphatic heterocycles. The Morgan fingerprint density at radius 2 is 2.07 bits per heavy atom. The first-order valence-corrected chi connectivity index (χ1v) is 5.51. The number of hydrogen-bond donors (Lipinski definition) is 1. The van der Waals surface area contributed by atoms with Crippen LogP contribution in [0.1, 0.15) is 25.7 Å². The molecule has 2 nitrogen and oxygen atoms in total. The summed E-state index contributed by atoms with van der Waals surface area (Å²) < 4.78 is 19.4. The number of rotatable bonds is 0. The van der Waals surface area contributed by atoms with Gasteiger partial charge in [-0.3, -0.25) is 0 Å². The Kier molecular flexibility index (Phi) is 1.87. The molecule has 0 atom stereocenters. The summed E-state index contributed by atoms with van der Waals surface area (Å²) >= 11 is 0. The maximum Gasteiger partial charge on any atom is 0.150 e. The molecule has 2 aliphatic rings. The van der Waals surface area contributed by atoms with Crippen molar-refractivity contribution in [2.75, 3.05) is 11.9 Å². The standard InChI is InChI=1S/C12H14FNO/c13-9-4-3-5-10-11(9)14-8-12(15-10)6-1-2-7-12/h3-5,14H,1-2,6-8H2. The summed E-state index contributed by atoms with van der Waals surface area (Å²) in [7, 11) is 0. The van der Waals surface area contributed by atoms with E-state index in [2.05, 4.69) is 5.32 Å². The van der Waals surface area contributed by atoms with Crippen molar-refractivity contribution < 1.29 is 9.13 Å². The van der Waals surface area contributed by atoms with Gasteiger partial charge in [-0.25, -0.2) is 4.39 Å². The molecular formula is C12H14FNO. The number of ether oxygens (including phenoxy) is 1. The molecule has 1 heterocycles. The van der Waals surface area contributed by atoms with Gasteiger partial charge in [-0.1, -0.05) is 6.07 Å². The Morgan fingerprint density at radius 1 is 1.27 bits per heavy atom. The summed E-state index contributed by atoms with van der Waals surface area (Å²) in [5, 5.41) is 3.16. The summed E-state index contributed by atoms with van der Waals surface area (Å²) in [5.74, 6) is 0.448. The van der Waals surface area contributed by atoms with Gasteiger partial charge >= 0.3 is 0 Å². The van der Waals surface area contributed by atoms with Crippen LogP contribution in [-0.4, -0.2) is 12.1 Å². The topological polar surface area (TPSA) is 21.3 Å². The van der Waals surface area contributed by atoms with Gasteiger partial charge in [0.05, 0.1) is 6.54 Å². The lowest BCUT2D eigenvalue weighted by molar-refractivity contribution is 0.0823. The van der Waals surface area contributed by atoms with E-state index in [1.54, 1.807) is 6.07 Å². The van der Waals surface area contributed by atoms with Gasteiger partial charge in [0.2, 0.25) is 0 Å². The smallest absolute Gasteiger partial charge is 0.150 e. The molecule has 1 aliphatic carbocycles. The first-order valence-electron chi connectivity index (χ1n) is 5.51. The Balaban J connectivity index is 1.96. The van der Waals surface area contributed by atoms with E-state index >= 15 is 0 Å². The van der Waals surface area contributed by atoms with Gasteiger partial charge < -0.3 is 10.1 Å². The molecule has 1 aromatic carbocycles. The van der Waals surface area contributed by atoms with Gasteiger partial charge in [0.25, 0.3) is 0 Å². The van der Waals surface area contributed by atoms with Crippen LogP contribution < -0.4 is 10.1 Å². The zero-order valence-corrected chi connectivity index (χ0v) is 8.55. The minimum absolute atomic E-state index is 0.0687. The van der Waals surface area contributed by atoms with Crippen molar-refractivity contribution in [2.45, 2.75) is 31.3 Å². The van der Waals surface area contributed by atoms with E-state index in [0.29, 0.717) is 11.4 Å². The van der Waals surface area contributed by atoms with Crippen molar-refractivity contribution in [2.24, 2.45) is 0 Å². The lowest BCUT2D eigenvalue weighted by Crippen LogP contribution is -2.43. The third kappa shape index (κ3) is 1.37. The molecule has 80 valence electrons. The average molecular weight is 207 g/mol. The zero-order valence-electron chi connectivity index (χ0n) is 8.55. The van der Waals surface area contributed by atoms with Gasteiger partial charge in [-0.2, -0.15) is 0 Å². The number of nitrogens with one attached hydrogen (secondary N) is 1. The summed E-state index contributed by atoms with van der Waals surface area (Å²) in [6.45, 7) is 0.737. The van der Waals surface area contributed by atoms with Crippen LogP contribution in [-0.2, 0) is 0 Å². The van der Waals surface area contributed by atoms with E-state index in [9.17, 15) is 4.39 Å². The van der Waals surface area contributed by atoms with Gasteiger partial charge in [0.15, 0.2) is 0 Å². The van der Waals surface area contributed by atoms with E-state index in [0.717, 1.165) is 19.4 Å². The zero-order chi connectivity index (χ0) is 10.3. The molecule has 1 saturated carbocycles. The highest BCUT2D eigenvalue weighted by Gasteiger charge is 2.39. The Bertz CT molecular complexity index is 385. The fourth-order valence-electron chi connectivity index (χ4n) is 2.58. The van der Waals surface area contributed by atoms with Crippen LogP contribution in [0.3, 0.4) is 0 Å². The number of benzene rings is 1. The molecule has 1 spiro atoms. The maximum absolute atomic E-state index is 13.4. The van der Waals surface area contributed by atoms with Crippen LogP contribution in [0.15, 0.2) is 18.2 Å². The van der Waals surface area contributed by atoms with Crippen LogP contribution in [0.4, 0.5) is 10.1 Å². The maximum atomic E-state index is 13.4. The molecule has 3 rings (SSSR count). The lowest BCUT2D eigenvalue weighted by atomic mass is 10.00. The third-order valence-corrected chi connectivity index (χ3v) is 3.40. The molecule has 1 N–H and O–H groups in total. The van der Waals surface area contributed by atoms with Crippen molar-refractivity contribution in [3.05, 3.63) is 24.0 Å². The van der Waals surface area contributed by atoms with Gasteiger partial charge in [0.1, 0.15) is 22.9 Å². The van der Waals surface area contributed by atoms with Gasteiger partial charge in [-0.05, 0) is 37.8 Å². The highest BCUT2D eigenvalue weighted by Crippen LogP contribution is 2.41. The molecule has 0 amide bonds. The molecule has 1 aromatic rings. The van der Waals surface area contributed by atoms with Crippen LogP contribution >= 0.6 is 0 Å². The van der Waals surface area contributed by atoms with Crippen molar-refractivity contribution in [1.82, 2.24) is 0 Å². The molecule has 0 bridgehead atoms. The van der Waals surface area contributed by atoms with E-state index < -0.39 is 0 Å². The van der Waals surface area contributed by atoms with E-state index in [-0.39, 0.29) is 11.4 Å². The average Bonchev–Trinajstić information content (AvgIpc) is 2.66. The van der Waals surface area contributed by atoms with Crippen LogP contribution in [0.25, 0.3) is 0 Å². The fourth-order valence-corrected chi connectivity index (χ4v) is 2.58. The Hall–Kier alpha value is -1.25. The number of halogens is 1. The normalized spacial score (nSPS) is 21.9. The van der Waals surface area contributed by atoms with Crippen LogP contribution in [0.2, 0.25) is 0 Å². The van der Waals surface area contributed by atoms with Crippen molar-refractivity contribution in [3.63, 3.8) is 0 Å². The molecule has 0 saturated heterocycles. The van der Waals surface area contributed by atoms with Crippen LogP contribution in [0, 0.1) is 5.82 Å². The monoisotopic (exact) mass is 207 g/mol. The number of anilines is 1. The quantitative estimate of drug-likeness (QED) is 0.706. The molecule has 0 unspecified atom stereocenters. The minimum atomic E-state index is -0.222. The van der Waals surface area contributed by atoms with Crippen molar-refractivity contribution in [1.29, 1.82) is 0 Å². The molecular weight excluding hydrogens is 193 g/mol. The minimum Gasteiger partial charge on any atom is -0.483 e. The first kappa shape index (κ1) is 9.01. The highest BCUT2D eigenvalue weighted by atomic mass is 19.1. The molecule has 1 fully saturated rings. The first-order chi connectivity index (χ1) is 7.29. The number of fused-ring (bicyclic) bond motifs is 1.